The molecule has 21 heavy (non-hydrogen) atoms. The summed E-state index contributed by atoms with van der Waals surface area (Å²) in [5.41, 5.74) is 0.190. The van der Waals surface area contributed by atoms with Crippen LogP contribution in [0, 0.1) is 0 Å². The van der Waals surface area contributed by atoms with Crippen molar-refractivity contribution in [1.82, 2.24) is 14.2 Å². The van der Waals surface area contributed by atoms with Gasteiger partial charge in [0.1, 0.15) is 16.6 Å². The molecule has 1 aromatic rings. The highest BCUT2D eigenvalue weighted by Crippen LogP contribution is 2.29. The average molecular weight is 333 g/mol. The number of hydrogen-bond acceptors (Lipinski definition) is 5. The van der Waals surface area contributed by atoms with Gasteiger partial charge in [0.25, 0.3) is 5.91 Å². The van der Waals surface area contributed by atoms with Crippen LogP contribution in [0.5, 0.6) is 0 Å². The van der Waals surface area contributed by atoms with Crippen molar-refractivity contribution < 1.29 is 23.1 Å². The molecule has 0 aromatic carbocycles. The Bertz CT molecular complexity index is 682. The van der Waals surface area contributed by atoms with Gasteiger partial charge in [-0.05, 0) is 6.07 Å². The van der Waals surface area contributed by atoms with Gasteiger partial charge in [-0.1, -0.05) is 0 Å². The molecule has 8 nitrogen and oxygen atoms in total. The van der Waals surface area contributed by atoms with E-state index in [-0.39, 0.29) is 22.2 Å². The Morgan fingerprint density at radius 2 is 2.14 bits per heavy atom. The quantitative estimate of drug-likeness (QED) is 0.771. The first-order valence-corrected chi connectivity index (χ1v) is 8.59. The van der Waals surface area contributed by atoms with Gasteiger partial charge in [0.2, 0.25) is 10.0 Å². The molecule has 1 atom stereocenters. The predicted molar refractivity (Wildman–Crippen MR) is 76.6 cm³/mol. The van der Waals surface area contributed by atoms with Crippen LogP contribution in [0.25, 0.3) is 0 Å². The summed E-state index contributed by atoms with van der Waals surface area (Å²) in [6, 6.07) is 0.166. The van der Waals surface area contributed by atoms with Crippen LogP contribution in [0.4, 0.5) is 0 Å². The van der Waals surface area contributed by atoms with E-state index in [4.69, 9.17) is 5.11 Å². The Hall–Kier alpha value is -1.52. The first kappa shape index (κ1) is 15.9. The molecule has 1 saturated heterocycles. The minimum atomic E-state index is -3.95. The normalized spacial score (nSPS) is 19.6. The third-order valence-electron chi connectivity index (χ3n) is 3.17. The van der Waals surface area contributed by atoms with Gasteiger partial charge in [0, 0.05) is 26.0 Å². The summed E-state index contributed by atoms with van der Waals surface area (Å²) in [7, 11) is -0.947. The van der Waals surface area contributed by atoms with Crippen LogP contribution in [-0.4, -0.2) is 59.0 Å². The largest absolute Gasteiger partial charge is 0.480 e. The summed E-state index contributed by atoms with van der Waals surface area (Å²) in [6.45, 7) is 0. The first-order valence-electron chi connectivity index (χ1n) is 6.00. The van der Waals surface area contributed by atoms with E-state index < -0.39 is 27.9 Å². The Morgan fingerprint density at radius 1 is 1.48 bits per heavy atom. The number of carboxylic acid groups (broad SMARTS) is 1. The lowest BCUT2D eigenvalue weighted by Gasteiger charge is -2.19. The molecule has 2 N–H and O–H groups in total. The molecule has 0 radical (unpaired) electrons. The first-order chi connectivity index (χ1) is 9.78. The topological polar surface area (TPSA) is 109 Å². The second-order valence-electron chi connectivity index (χ2n) is 4.50. The summed E-state index contributed by atoms with van der Waals surface area (Å²) in [5, 5.41) is 11.5. The Morgan fingerprint density at radius 3 is 2.71 bits per heavy atom. The van der Waals surface area contributed by atoms with Gasteiger partial charge in [-0.3, -0.25) is 9.59 Å². The number of aromatic nitrogens is 1. The standard InChI is InChI=1S/C11H15N3O5S2/c1-12-10(15)8-3-7(4-13(8)2)21(18,19)14-6-20-5-9(14)11(16)17/h3-4,9H,5-6H2,1-2H3,(H,12,15)(H,16,17)/t9-/m0/s1. The number of nitrogens with zero attached hydrogens (tertiary/aromatic N) is 2. The highest BCUT2D eigenvalue weighted by molar-refractivity contribution is 8.00. The Balaban J connectivity index is 2.41. The molecule has 2 heterocycles. The zero-order valence-electron chi connectivity index (χ0n) is 11.4. The number of carbonyl (C=O) groups is 2. The number of hydrogen-bond donors (Lipinski definition) is 2. The molecule has 0 bridgehead atoms. The molecule has 116 valence electrons. The molecule has 0 unspecified atom stereocenters. The highest BCUT2D eigenvalue weighted by atomic mass is 32.2. The SMILES string of the molecule is CNC(=O)c1cc(S(=O)(=O)N2CSC[C@H]2C(=O)O)cn1C. The third kappa shape index (κ3) is 2.78. The van der Waals surface area contributed by atoms with Crippen molar-refractivity contribution in [3.05, 3.63) is 18.0 Å². The van der Waals surface area contributed by atoms with E-state index in [0.29, 0.717) is 0 Å². The van der Waals surface area contributed by atoms with Gasteiger partial charge in [-0.2, -0.15) is 4.31 Å². The number of rotatable bonds is 4. The van der Waals surface area contributed by atoms with Crippen LogP contribution in [0.2, 0.25) is 0 Å². The molecular weight excluding hydrogens is 318 g/mol. The maximum atomic E-state index is 12.5. The molecule has 0 spiro atoms. The number of aryl methyl sites for hydroxylation is 1. The molecule has 1 aliphatic rings. The molecule has 10 heteroatoms. The highest BCUT2D eigenvalue weighted by Gasteiger charge is 2.40. The fourth-order valence-corrected chi connectivity index (χ4v) is 5.23. The van der Waals surface area contributed by atoms with Crippen molar-refractivity contribution in [2.45, 2.75) is 10.9 Å². The summed E-state index contributed by atoms with van der Waals surface area (Å²) in [6.07, 6.45) is 1.31. The maximum Gasteiger partial charge on any atom is 0.322 e. The lowest BCUT2D eigenvalue weighted by Crippen LogP contribution is -2.41. The molecule has 1 amide bonds. The Kier molecular flexibility index (Phi) is 4.30. The third-order valence-corrected chi connectivity index (χ3v) is 6.17. The fourth-order valence-electron chi connectivity index (χ4n) is 2.02. The van der Waals surface area contributed by atoms with Crippen molar-refractivity contribution in [3.63, 3.8) is 0 Å². The summed E-state index contributed by atoms with van der Waals surface area (Å²) < 4.78 is 27.4. The minimum Gasteiger partial charge on any atom is -0.480 e. The van der Waals surface area contributed by atoms with Crippen LogP contribution in [-0.2, 0) is 21.9 Å². The minimum absolute atomic E-state index is 0.0858. The molecule has 0 aliphatic carbocycles. The molecule has 0 saturated carbocycles. The van der Waals surface area contributed by atoms with E-state index in [1.807, 2.05) is 0 Å². The van der Waals surface area contributed by atoms with E-state index >= 15 is 0 Å². The van der Waals surface area contributed by atoms with Crippen molar-refractivity contribution >= 4 is 33.7 Å². The summed E-state index contributed by atoms with van der Waals surface area (Å²) in [5.74, 6) is -1.29. The number of thioether (sulfide) groups is 1. The number of amides is 1. The lowest BCUT2D eigenvalue weighted by atomic mass is 10.4. The fraction of sp³-hybridized carbons (Fsp3) is 0.455. The molecule has 1 aliphatic heterocycles. The van der Waals surface area contributed by atoms with Gasteiger partial charge >= 0.3 is 5.97 Å². The summed E-state index contributed by atoms with van der Waals surface area (Å²) in [4.78, 5) is 22.7. The number of sulfonamides is 1. The smallest absolute Gasteiger partial charge is 0.322 e. The molecule has 1 aromatic heterocycles. The zero-order valence-corrected chi connectivity index (χ0v) is 13.1. The van der Waals surface area contributed by atoms with Crippen molar-refractivity contribution in [1.29, 1.82) is 0 Å². The number of nitrogens with one attached hydrogen (secondary N) is 1. The maximum absolute atomic E-state index is 12.5. The Labute approximate surface area is 126 Å². The summed E-state index contributed by atoms with van der Waals surface area (Å²) >= 11 is 1.24. The number of aliphatic carboxylic acids is 1. The van der Waals surface area contributed by atoms with E-state index in [0.717, 1.165) is 4.31 Å². The molecule has 1 fully saturated rings. The zero-order chi connectivity index (χ0) is 15.8. The van der Waals surface area contributed by atoms with Crippen LogP contribution >= 0.6 is 11.8 Å². The monoisotopic (exact) mass is 333 g/mol. The van der Waals surface area contributed by atoms with Crippen LogP contribution < -0.4 is 5.32 Å². The van der Waals surface area contributed by atoms with Gasteiger partial charge in [-0.15, -0.1) is 11.8 Å². The van der Waals surface area contributed by atoms with Crippen molar-refractivity contribution in [2.24, 2.45) is 7.05 Å². The van der Waals surface area contributed by atoms with Gasteiger partial charge in [0.05, 0.1) is 5.88 Å². The van der Waals surface area contributed by atoms with Crippen LogP contribution in [0.15, 0.2) is 17.2 Å². The van der Waals surface area contributed by atoms with Crippen molar-refractivity contribution in [2.75, 3.05) is 18.7 Å². The second-order valence-corrected chi connectivity index (χ2v) is 7.39. The van der Waals surface area contributed by atoms with E-state index in [1.165, 1.54) is 35.6 Å². The predicted octanol–water partition coefficient (Wildman–Crippen LogP) is -0.467. The number of carbonyl (C=O) groups excluding carboxylic acids is 1. The van der Waals surface area contributed by atoms with E-state index in [9.17, 15) is 18.0 Å². The van der Waals surface area contributed by atoms with Gasteiger partial charge < -0.3 is 15.0 Å². The van der Waals surface area contributed by atoms with E-state index in [2.05, 4.69) is 5.32 Å². The van der Waals surface area contributed by atoms with Crippen LogP contribution in [0.3, 0.4) is 0 Å². The average Bonchev–Trinajstić information content (AvgIpc) is 3.04. The van der Waals surface area contributed by atoms with E-state index in [1.54, 1.807) is 7.05 Å². The lowest BCUT2D eigenvalue weighted by molar-refractivity contribution is -0.140. The van der Waals surface area contributed by atoms with Gasteiger partial charge in [0.15, 0.2) is 0 Å². The second kappa shape index (κ2) is 5.70. The molecule has 2 rings (SSSR count). The van der Waals surface area contributed by atoms with Crippen LogP contribution in [0.1, 0.15) is 10.5 Å². The number of carboxylic acids is 1. The van der Waals surface area contributed by atoms with Gasteiger partial charge in [-0.25, -0.2) is 8.42 Å². The molecular formula is C11H15N3O5S2. The van der Waals surface area contributed by atoms with Crippen molar-refractivity contribution in [3.8, 4) is 0 Å².